The molecular weight excluding hydrogens is 390 g/mol. The van der Waals surface area contributed by atoms with Crippen LogP contribution in [0.1, 0.15) is 65.2 Å². The van der Waals surface area contributed by atoms with Crippen LogP contribution in [0.25, 0.3) is 0 Å². The lowest BCUT2D eigenvalue weighted by atomic mass is 9.96. The van der Waals surface area contributed by atoms with Gasteiger partial charge in [0.15, 0.2) is 5.82 Å². The maximum atomic E-state index is 13.5. The van der Waals surface area contributed by atoms with Gasteiger partial charge in [0.25, 0.3) is 5.91 Å². The van der Waals surface area contributed by atoms with Crippen molar-refractivity contribution in [3.8, 4) is 0 Å². The molecule has 4 heterocycles. The van der Waals surface area contributed by atoms with Gasteiger partial charge in [-0.25, -0.2) is 4.98 Å². The largest absolute Gasteiger partial charge is 0.356 e. The summed E-state index contributed by atoms with van der Waals surface area (Å²) < 4.78 is 5.45. The van der Waals surface area contributed by atoms with E-state index in [2.05, 4.69) is 26.1 Å². The lowest BCUT2D eigenvalue weighted by Gasteiger charge is -2.33. The minimum Gasteiger partial charge on any atom is -0.356 e. The summed E-state index contributed by atoms with van der Waals surface area (Å²) in [6.07, 6.45) is 6.87. The van der Waals surface area contributed by atoms with Crippen LogP contribution in [-0.4, -0.2) is 40.7 Å². The molecule has 0 unspecified atom stereocenters. The Morgan fingerprint density at radius 3 is 2.65 bits per heavy atom. The van der Waals surface area contributed by atoms with Crippen molar-refractivity contribution < 1.29 is 9.32 Å². The maximum Gasteiger partial charge on any atom is 0.262 e. The van der Waals surface area contributed by atoms with Gasteiger partial charge in [-0.3, -0.25) is 4.79 Å². The van der Waals surface area contributed by atoms with Crippen LogP contribution in [0.4, 0.5) is 11.5 Å². The van der Waals surface area contributed by atoms with Crippen molar-refractivity contribution in [2.75, 3.05) is 29.4 Å². The van der Waals surface area contributed by atoms with Crippen LogP contribution in [0.2, 0.25) is 0 Å². The van der Waals surface area contributed by atoms with E-state index in [0.717, 1.165) is 75.0 Å². The molecule has 1 saturated heterocycles. The normalized spacial score (nSPS) is 19.0. The van der Waals surface area contributed by atoms with E-state index in [1.165, 1.54) is 5.56 Å². The second-order valence-electron chi connectivity index (χ2n) is 8.74. The van der Waals surface area contributed by atoms with E-state index < -0.39 is 0 Å². The van der Waals surface area contributed by atoms with Crippen LogP contribution in [-0.2, 0) is 6.42 Å². The number of pyridine rings is 1. The van der Waals surface area contributed by atoms with E-state index in [-0.39, 0.29) is 5.91 Å². The predicted molar refractivity (Wildman–Crippen MR) is 117 cm³/mol. The molecule has 1 aliphatic carbocycles. The van der Waals surface area contributed by atoms with Crippen molar-refractivity contribution in [1.82, 2.24) is 15.1 Å². The summed E-state index contributed by atoms with van der Waals surface area (Å²) in [5.41, 5.74) is 2.92. The lowest BCUT2D eigenvalue weighted by molar-refractivity contribution is 0.0989. The van der Waals surface area contributed by atoms with Crippen molar-refractivity contribution in [2.45, 2.75) is 43.9 Å². The van der Waals surface area contributed by atoms with Gasteiger partial charge in [-0.15, -0.1) is 0 Å². The third-order valence-electron chi connectivity index (χ3n) is 6.69. The van der Waals surface area contributed by atoms with Gasteiger partial charge >= 0.3 is 0 Å². The Kier molecular flexibility index (Phi) is 4.47. The van der Waals surface area contributed by atoms with E-state index in [1.54, 1.807) is 6.20 Å². The van der Waals surface area contributed by atoms with Gasteiger partial charge in [0.2, 0.25) is 5.89 Å². The van der Waals surface area contributed by atoms with Gasteiger partial charge in [0.1, 0.15) is 5.82 Å². The average molecular weight is 415 g/mol. The first-order valence-electron chi connectivity index (χ1n) is 11.2. The molecule has 31 heavy (non-hydrogen) atoms. The second-order valence-corrected chi connectivity index (χ2v) is 8.74. The second kappa shape index (κ2) is 7.48. The Balaban J connectivity index is 1.19. The number of aromatic nitrogens is 3. The number of fused-ring (bicyclic) bond motifs is 1. The fourth-order valence-corrected chi connectivity index (χ4v) is 4.77. The smallest absolute Gasteiger partial charge is 0.262 e. The molecule has 7 nitrogen and oxygen atoms in total. The highest BCUT2D eigenvalue weighted by molar-refractivity contribution is 6.10. The summed E-state index contributed by atoms with van der Waals surface area (Å²) in [6.45, 7) is 2.37. The topological polar surface area (TPSA) is 75.4 Å². The molecule has 1 saturated carbocycles. The Labute approximate surface area is 181 Å². The standard InChI is InChI=1S/C24H25N5O2/c30-24(29-15-11-16-4-1-2-6-20(16)29)19-5-3-12-25-22(19)28-13-9-17(10-14-28)21-26-23(31-27-21)18-7-8-18/h1-6,12,17-18H,7-11,13-15H2. The summed E-state index contributed by atoms with van der Waals surface area (Å²) in [7, 11) is 0. The SMILES string of the molecule is O=C(c1cccnc1N1CCC(c2noc(C3CC3)n2)CC1)N1CCc2ccccc21. The van der Waals surface area contributed by atoms with Gasteiger partial charge in [-0.05, 0) is 55.9 Å². The molecule has 2 fully saturated rings. The zero-order valence-corrected chi connectivity index (χ0v) is 17.4. The molecule has 0 bridgehead atoms. The number of hydrogen-bond donors (Lipinski definition) is 0. The zero-order valence-electron chi connectivity index (χ0n) is 17.4. The number of anilines is 2. The fourth-order valence-electron chi connectivity index (χ4n) is 4.77. The van der Waals surface area contributed by atoms with Crippen LogP contribution in [0, 0.1) is 0 Å². The first-order valence-corrected chi connectivity index (χ1v) is 11.2. The van der Waals surface area contributed by atoms with E-state index in [9.17, 15) is 4.79 Å². The summed E-state index contributed by atoms with van der Waals surface area (Å²) in [6, 6.07) is 11.9. The Hall–Kier alpha value is -3.22. The lowest BCUT2D eigenvalue weighted by Crippen LogP contribution is -2.37. The number of carbonyl (C=O) groups is 1. The molecule has 0 atom stereocenters. The summed E-state index contributed by atoms with van der Waals surface area (Å²) in [5, 5.41) is 4.24. The van der Waals surface area contributed by atoms with Gasteiger partial charge in [-0.1, -0.05) is 23.4 Å². The highest BCUT2D eigenvalue weighted by Gasteiger charge is 2.33. The number of hydrogen-bond acceptors (Lipinski definition) is 6. The van der Waals surface area contributed by atoms with E-state index in [4.69, 9.17) is 4.52 Å². The van der Waals surface area contributed by atoms with Crippen LogP contribution in [0.15, 0.2) is 47.1 Å². The summed E-state index contributed by atoms with van der Waals surface area (Å²) >= 11 is 0. The molecule has 2 aliphatic heterocycles. The number of benzene rings is 1. The molecule has 1 aromatic carbocycles. The van der Waals surface area contributed by atoms with Crippen molar-refractivity contribution in [2.24, 2.45) is 0 Å². The molecule has 7 heteroatoms. The van der Waals surface area contributed by atoms with E-state index in [0.29, 0.717) is 17.4 Å². The maximum absolute atomic E-state index is 13.5. The highest BCUT2D eigenvalue weighted by Crippen LogP contribution is 2.40. The molecule has 0 radical (unpaired) electrons. The fraction of sp³-hybridized carbons (Fsp3) is 0.417. The van der Waals surface area contributed by atoms with Gasteiger partial charge < -0.3 is 14.3 Å². The molecule has 3 aliphatic rings. The summed E-state index contributed by atoms with van der Waals surface area (Å²) in [4.78, 5) is 26.8. The molecule has 2 aromatic heterocycles. The van der Waals surface area contributed by atoms with Crippen LogP contribution < -0.4 is 9.80 Å². The number of piperidine rings is 1. The first kappa shape index (κ1) is 18.5. The number of carbonyl (C=O) groups excluding carboxylic acids is 1. The third-order valence-corrected chi connectivity index (χ3v) is 6.69. The van der Waals surface area contributed by atoms with Crippen LogP contribution in [0.3, 0.4) is 0 Å². The molecule has 1 amide bonds. The monoisotopic (exact) mass is 415 g/mol. The third kappa shape index (κ3) is 3.38. The van der Waals surface area contributed by atoms with Crippen molar-refractivity contribution in [3.05, 3.63) is 65.4 Å². The minimum atomic E-state index is 0.0300. The molecule has 158 valence electrons. The quantitative estimate of drug-likeness (QED) is 0.643. The van der Waals surface area contributed by atoms with Crippen molar-refractivity contribution >= 4 is 17.4 Å². The van der Waals surface area contributed by atoms with Gasteiger partial charge in [0, 0.05) is 43.4 Å². The Morgan fingerprint density at radius 1 is 0.968 bits per heavy atom. The number of rotatable bonds is 4. The molecular formula is C24H25N5O2. The summed E-state index contributed by atoms with van der Waals surface area (Å²) in [5.74, 6) is 3.25. The zero-order chi connectivity index (χ0) is 20.8. The van der Waals surface area contributed by atoms with Crippen molar-refractivity contribution in [1.29, 1.82) is 0 Å². The average Bonchev–Trinajstić information content (AvgIpc) is 3.40. The minimum absolute atomic E-state index is 0.0300. The molecule has 3 aromatic rings. The first-order chi connectivity index (χ1) is 15.3. The number of nitrogens with zero attached hydrogens (tertiary/aromatic N) is 5. The van der Waals surface area contributed by atoms with Crippen LogP contribution >= 0.6 is 0 Å². The van der Waals surface area contributed by atoms with E-state index >= 15 is 0 Å². The number of para-hydroxylation sites is 1. The Bertz CT molecular complexity index is 1110. The van der Waals surface area contributed by atoms with Crippen LogP contribution in [0.5, 0.6) is 0 Å². The highest BCUT2D eigenvalue weighted by atomic mass is 16.5. The van der Waals surface area contributed by atoms with Gasteiger partial charge in [-0.2, -0.15) is 4.98 Å². The molecule has 6 rings (SSSR count). The van der Waals surface area contributed by atoms with Gasteiger partial charge in [0.05, 0.1) is 5.56 Å². The Morgan fingerprint density at radius 2 is 1.81 bits per heavy atom. The van der Waals surface area contributed by atoms with Crippen molar-refractivity contribution in [3.63, 3.8) is 0 Å². The van der Waals surface area contributed by atoms with E-state index in [1.807, 2.05) is 35.2 Å². The molecule has 0 spiro atoms. The number of amides is 1. The predicted octanol–water partition coefficient (Wildman–Crippen LogP) is 3.93. The molecule has 0 N–H and O–H groups in total.